The second-order valence-electron chi connectivity index (χ2n) is 9.05. The number of hydrogen-bond acceptors (Lipinski definition) is 4. The topological polar surface area (TPSA) is 98.9 Å². The Morgan fingerprint density at radius 2 is 1.88 bits per heavy atom. The minimum Gasteiger partial charge on any atom is -0.380 e. The standard InChI is InChI=1S/C22H25ClF4N4O3/c23-18-16(12-2-1-3-13(24)10-12)17(19(28)32)15-11-30(8-9-31(15)18)20(33)29-14-4-6-21(34,7-5-14)22(25,26)27/h1-3,10,14-15,17,34H,4-9,11H2,(H2,28,32)(H,29,33)/t14?,15-,17+,21?/m1/s1. The summed E-state index contributed by atoms with van der Waals surface area (Å²) in [7, 11) is 0. The van der Waals surface area contributed by atoms with Crippen LogP contribution in [-0.4, -0.2) is 70.3 Å². The molecule has 2 aliphatic heterocycles. The molecule has 0 spiro atoms. The lowest BCUT2D eigenvalue weighted by Gasteiger charge is -2.42. The number of amides is 3. The highest BCUT2D eigenvalue weighted by molar-refractivity contribution is 6.33. The van der Waals surface area contributed by atoms with E-state index in [1.165, 1.54) is 23.1 Å². The van der Waals surface area contributed by atoms with Gasteiger partial charge in [0.15, 0.2) is 5.60 Å². The number of carbonyl (C=O) groups excluding carboxylic acids is 2. The molecule has 1 saturated heterocycles. The zero-order chi connectivity index (χ0) is 24.8. The highest BCUT2D eigenvalue weighted by Gasteiger charge is 2.55. The van der Waals surface area contributed by atoms with Crippen molar-refractivity contribution in [3.8, 4) is 0 Å². The molecule has 12 heteroatoms. The Kier molecular flexibility index (Phi) is 6.45. The molecule has 0 radical (unpaired) electrons. The number of aliphatic hydroxyl groups is 1. The van der Waals surface area contributed by atoms with E-state index in [-0.39, 0.29) is 31.1 Å². The number of rotatable bonds is 3. The van der Waals surface area contributed by atoms with Gasteiger partial charge in [-0.3, -0.25) is 4.79 Å². The Bertz CT molecular complexity index is 1010. The van der Waals surface area contributed by atoms with E-state index >= 15 is 0 Å². The predicted molar refractivity (Wildman–Crippen MR) is 116 cm³/mol. The summed E-state index contributed by atoms with van der Waals surface area (Å²) in [6.07, 6.45) is -5.70. The second kappa shape index (κ2) is 8.92. The maximum Gasteiger partial charge on any atom is 0.417 e. The summed E-state index contributed by atoms with van der Waals surface area (Å²) in [5, 5.41) is 12.8. The van der Waals surface area contributed by atoms with Crippen molar-refractivity contribution >= 4 is 29.1 Å². The average Bonchev–Trinajstić information content (AvgIpc) is 3.06. The zero-order valence-corrected chi connectivity index (χ0v) is 18.9. The van der Waals surface area contributed by atoms with Gasteiger partial charge >= 0.3 is 12.2 Å². The van der Waals surface area contributed by atoms with Gasteiger partial charge in [0.1, 0.15) is 11.0 Å². The molecule has 186 valence electrons. The number of nitrogens with two attached hydrogens (primary N) is 1. The van der Waals surface area contributed by atoms with E-state index < -0.39 is 60.4 Å². The van der Waals surface area contributed by atoms with Gasteiger partial charge in [-0.05, 0) is 43.4 Å². The Labute approximate surface area is 198 Å². The molecule has 1 aromatic carbocycles. The average molecular weight is 505 g/mol. The van der Waals surface area contributed by atoms with Crippen molar-refractivity contribution in [1.82, 2.24) is 15.1 Å². The summed E-state index contributed by atoms with van der Waals surface area (Å²) in [5.41, 5.74) is 3.78. The monoisotopic (exact) mass is 504 g/mol. The van der Waals surface area contributed by atoms with Crippen molar-refractivity contribution < 1.29 is 32.3 Å². The fraction of sp³-hybridized carbons (Fsp3) is 0.545. The van der Waals surface area contributed by atoms with Gasteiger partial charge in [-0.15, -0.1) is 0 Å². The van der Waals surface area contributed by atoms with Gasteiger partial charge < -0.3 is 26.0 Å². The van der Waals surface area contributed by atoms with E-state index in [4.69, 9.17) is 17.3 Å². The summed E-state index contributed by atoms with van der Waals surface area (Å²) in [4.78, 5) is 28.5. The first-order valence-corrected chi connectivity index (χ1v) is 11.4. The van der Waals surface area contributed by atoms with E-state index in [2.05, 4.69) is 5.32 Å². The molecule has 34 heavy (non-hydrogen) atoms. The van der Waals surface area contributed by atoms with Crippen molar-refractivity contribution in [1.29, 1.82) is 0 Å². The van der Waals surface area contributed by atoms with E-state index in [1.807, 2.05) is 0 Å². The number of benzene rings is 1. The molecule has 3 amide bonds. The lowest BCUT2D eigenvalue weighted by Crippen LogP contribution is -2.59. The molecule has 0 bridgehead atoms. The Hall–Kier alpha value is -2.53. The van der Waals surface area contributed by atoms with Crippen LogP contribution in [0.25, 0.3) is 5.57 Å². The first-order chi connectivity index (χ1) is 15.9. The van der Waals surface area contributed by atoms with Gasteiger partial charge in [0.25, 0.3) is 0 Å². The number of piperazine rings is 1. The SMILES string of the molecule is NC(=O)[C@@H]1C(c2cccc(F)c2)=C(Cl)N2CCN(C(=O)NC3CCC(O)(C(F)(F)F)CC3)C[C@H]12. The molecule has 4 N–H and O–H groups in total. The molecule has 1 aliphatic carbocycles. The molecule has 1 saturated carbocycles. The van der Waals surface area contributed by atoms with Crippen molar-refractivity contribution in [2.45, 2.75) is 49.5 Å². The maximum atomic E-state index is 13.8. The normalized spacial score (nSPS) is 29.8. The third kappa shape index (κ3) is 4.43. The molecule has 2 heterocycles. The van der Waals surface area contributed by atoms with E-state index in [9.17, 15) is 32.3 Å². The fourth-order valence-corrected chi connectivity index (χ4v) is 5.51. The Morgan fingerprint density at radius 3 is 2.47 bits per heavy atom. The number of primary amides is 1. The predicted octanol–water partition coefficient (Wildman–Crippen LogP) is 2.78. The highest BCUT2D eigenvalue weighted by atomic mass is 35.5. The van der Waals surface area contributed by atoms with Crippen LogP contribution in [0.1, 0.15) is 31.2 Å². The fourth-order valence-electron chi connectivity index (χ4n) is 5.07. The van der Waals surface area contributed by atoms with E-state index in [0.29, 0.717) is 17.7 Å². The molecule has 1 aromatic rings. The van der Waals surface area contributed by atoms with Gasteiger partial charge in [0, 0.05) is 31.2 Å². The van der Waals surface area contributed by atoms with Crippen LogP contribution in [0.2, 0.25) is 0 Å². The highest BCUT2D eigenvalue weighted by Crippen LogP contribution is 2.44. The number of alkyl halides is 3. The lowest BCUT2D eigenvalue weighted by molar-refractivity contribution is -0.270. The maximum absolute atomic E-state index is 13.8. The first kappa shape index (κ1) is 24.6. The van der Waals surface area contributed by atoms with E-state index in [0.717, 1.165) is 0 Å². The van der Waals surface area contributed by atoms with Crippen LogP contribution in [0.5, 0.6) is 0 Å². The molecule has 0 aromatic heterocycles. The first-order valence-electron chi connectivity index (χ1n) is 11.0. The number of urea groups is 1. The minimum absolute atomic E-state index is 0.00778. The van der Waals surface area contributed by atoms with Gasteiger partial charge in [-0.2, -0.15) is 13.2 Å². The summed E-state index contributed by atoms with van der Waals surface area (Å²) in [6.45, 7) is 0.672. The van der Waals surface area contributed by atoms with Crippen LogP contribution in [0.3, 0.4) is 0 Å². The minimum atomic E-state index is -4.71. The van der Waals surface area contributed by atoms with Crippen LogP contribution in [0, 0.1) is 11.7 Å². The number of carbonyl (C=O) groups is 2. The van der Waals surface area contributed by atoms with Crippen molar-refractivity contribution in [2.75, 3.05) is 19.6 Å². The quantitative estimate of drug-likeness (QED) is 0.435. The number of hydrogen-bond donors (Lipinski definition) is 3. The van der Waals surface area contributed by atoms with Crippen LogP contribution in [0.15, 0.2) is 29.4 Å². The number of fused-ring (bicyclic) bond motifs is 1. The van der Waals surface area contributed by atoms with E-state index in [1.54, 1.807) is 11.0 Å². The molecule has 0 unspecified atom stereocenters. The summed E-state index contributed by atoms with van der Waals surface area (Å²) >= 11 is 6.56. The summed E-state index contributed by atoms with van der Waals surface area (Å²) in [5.74, 6) is -2.03. The van der Waals surface area contributed by atoms with Crippen molar-refractivity contribution in [3.05, 3.63) is 40.8 Å². The second-order valence-corrected chi connectivity index (χ2v) is 9.41. The van der Waals surface area contributed by atoms with Gasteiger partial charge in [-0.25, -0.2) is 9.18 Å². The van der Waals surface area contributed by atoms with Crippen LogP contribution in [-0.2, 0) is 4.79 Å². The third-order valence-electron chi connectivity index (χ3n) is 6.99. The third-order valence-corrected chi connectivity index (χ3v) is 7.41. The van der Waals surface area contributed by atoms with Crippen LogP contribution >= 0.6 is 11.6 Å². The molecule has 3 aliphatic rings. The summed E-state index contributed by atoms with van der Waals surface area (Å²) < 4.78 is 52.9. The molecular formula is C22H25ClF4N4O3. The smallest absolute Gasteiger partial charge is 0.380 e. The molecule has 4 rings (SSSR count). The lowest BCUT2D eigenvalue weighted by atomic mass is 9.81. The largest absolute Gasteiger partial charge is 0.417 e. The number of nitrogens with one attached hydrogen (secondary N) is 1. The zero-order valence-electron chi connectivity index (χ0n) is 18.1. The molecular weight excluding hydrogens is 480 g/mol. The van der Waals surface area contributed by atoms with Gasteiger partial charge in [-0.1, -0.05) is 23.7 Å². The Morgan fingerprint density at radius 1 is 1.21 bits per heavy atom. The number of nitrogens with zero attached hydrogens (tertiary/aromatic N) is 2. The van der Waals surface area contributed by atoms with Crippen molar-refractivity contribution in [2.24, 2.45) is 11.7 Å². The van der Waals surface area contributed by atoms with Crippen LogP contribution < -0.4 is 11.1 Å². The number of halogens is 5. The van der Waals surface area contributed by atoms with Crippen molar-refractivity contribution in [3.63, 3.8) is 0 Å². The van der Waals surface area contributed by atoms with Crippen LogP contribution in [0.4, 0.5) is 22.4 Å². The molecule has 7 nitrogen and oxygen atoms in total. The molecule has 2 fully saturated rings. The Balaban J connectivity index is 1.44. The summed E-state index contributed by atoms with van der Waals surface area (Å²) in [6, 6.07) is 4.14. The van der Waals surface area contributed by atoms with Gasteiger partial charge in [0.2, 0.25) is 5.91 Å². The van der Waals surface area contributed by atoms with Gasteiger partial charge in [0.05, 0.1) is 12.0 Å². The molecule has 2 atom stereocenters.